The van der Waals surface area contributed by atoms with Gasteiger partial charge in [0.25, 0.3) is 0 Å². The number of nitrogens with zero attached hydrogens (tertiary/aromatic N) is 2. The highest BCUT2D eigenvalue weighted by molar-refractivity contribution is 5.87. The van der Waals surface area contributed by atoms with Crippen molar-refractivity contribution in [2.75, 3.05) is 0 Å². The second-order valence-electron chi connectivity index (χ2n) is 5.27. The van der Waals surface area contributed by atoms with E-state index in [1.54, 1.807) is 12.4 Å². The number of aromatic nitrogens is 2. The third-order valence-electron chi connectivity index (χ3n) is 3.45. The molecule has 25 heavy (non-hydrogen) atoms. The van der Waals surface area contributed by atoms with E-state index in [1.165, 1.54) is 12.1 Å². The van der Waals surface area contributed by atoms with Crippen LogP contribution in [0.25, 0.3) is 0 Å². The average Bonchev–Trinajstić information content (AvgIpc) is 3.15. The van der Waals surface area contributed by atoms with E-state index in [4.69, 9.17) is 14.7 Å². The molecule has 0 spiro atoms. The van der Waals surface area contributed by atoms with Gasteiger partial charge in [0.15, 0.2) is 0 Å². The van der Waals surface area contributed by atoms with Gasteiger partial charge in [-0.3, -0.25) is 4.98 Å². The number of hydrogen-bond donors (Lipinski definition) is 1. The zero-order chi connectivity index (χ0) is 17.5. The summed E-state index contributed by atoms with van der Waals surface area (Å²) < 4.78 is 10.9. The van der Waals surface area contributed by atoms with Gasteiger partial charge in [-0.05, 0) is 35.9 Å². The van der Waals surface area contributed by atoms with Gasteiger partial charge in [0.05, 0.1) is 0 Å². The van der Waals surface area contributed by atoms with Crippen LogP contribution in [0, 0.1) is 11.3 Å². The van der Waals surface area contributed by atoms with Gasteiger partial charge in [-0.1, -0.05) is 18.2 Å². The lowest BCUT2D eigenvalue weighted by molar-refractivity contribution is 0.0466. The number of hydrogen-bond acceptors (Lipinski definition) is 5. The molecule has 0 saturated heterocycles. The lowest BCUT2D eigenvalue weighted by atomic mass is 10.2. The number of carbonyl (C=O) groups excluding carboxylic acids is 1. The van der Waals surface area contributed by atoms with Gasteiger partial charge in [-0.25, -0.2) is 4.79 Å². The molecule has 0 amide bonds. The predicted molar refractivity (Wildman–Crippen MR) is 89.6 cm³/mol. The van der Waals surface area contributed by atoms with Gasteiger partial charge in [0.2, 0.25) is 0 Å². The van der Waals surface area contributed by atoms with E-state index >= 15 is 0 Å². The molecule has 0 aliphatic carbocycles. The van der Waals surface area contributed by atoms with Gasteiger partial charge in [-0.2, -0.15) is 5.26 Å². The zero-order valence-electron chi connectivity index (χ0n) is 13.3. The average molecular weight is 333 g/mol. The lowest BCUT2D eigenvalue weighted by Gasteiger charge is -2.07. The molecule has 0 atom stereocenters. The van der Waals surface area contributed by atoms with E-state index in [1.807, 2.05) is 42.5 Å². The van der Waals surface area contributed by atoms with Crippen molar-refractivity contribution in [3.63, 3.8) is 0 Å². The minimum Gasteiger partial charge on any atom is -0.489 e. The normalized spacial score (nSPS) is 10.0. The number of nitrogens with one attached hydrogen (secondary N) is 1. The number of rotatable bonds is 6. The van der Waals surface area contributed by atoms with Gasteiger partial charge < -0.3 is 14.5 Å². The highest BCUT2D eigenvalue weighted by atomic mass is 16.5. The summed E-state index contributed by atoms with van der Waals surface area (Å²) >= 11 is 0. The van der Waals surface area contributed by atoms with E-state index in [0.717, 1.165) is 16.9 Å². The molecule has 0 unspecified atom stereocenters. The third-order valence-corrected chi connectivity index (χ3v) is 3.45. The first-order valence-corrected chi connectivity index (χ1v) is 7.61. The highest BCUT2D eigenvalue weighted by Crippen LogP contribution is 2.15. The van der Waals surface area contributed by atoms with Crippen LogP contribution >= 0.6 is 0 Å². The molecule has 0 radical (unpaired) electrons. The molecular formula is C19H15N3O3. The van der Waals surface area contributed by atoms with Gasteiger partial charge >= 0.3 is 5.97 Å². The molecule has 0 fully saturated rings. The van der Waals surface area contributed by atoms with Crippen LogP contribution < -0.4 is 4.74 Å². The molecule has 2 heterocycles. The molecule has 6 heteroatoms. The SMILES string of the molecule is N#Cc1ccc(C(=O)OCc2ccc(OCc3cccnc3)cc2)[nH]1. The number of pyridine rings is 1. The van der Waals surface area contributed by atoms with Crippen LogP contribution in [0.2, 0.25) is 0 Å². The summed E-state index contributed by atoms with van der Waals surface area (Å²) in [6.45, 7) is 0.582. The first-order chi connectivity index (χ1) is 12.2. The van der Waals surface area contributed by atoms with Crippen LogP contribution in [0.3, 0.4) is 0 Å². The summed E-state index contributed by atoms with van der Waals surface area (Å²) in [4.78, 5) is 18.6. The molecule has 0 bridgehead atoms. The maximum Gasteiger partial charge on any atom is 0.355 e. The van der Waals surface area contributed by atoms with E-state index < -0.39 is 5.97 Å². The van der Waals surface area contributed by atoms with Crippen molar-refractivity contribution in [1.29, 1.82) is 5.26 Å². The molecule has 0 aliphatic rings. The number of benzene rings is 1. The van der Waals surface area contributed by atoms with E-state index in [-0.39, 0.29) is 12.3 Å². The predicted octanol–water partition coefficient (Wildman–Crippen LogP) is 3.22. The Hall–Kier alpha value is -3.59. The largest absolute Gasteiger partial charge is 0.489 e. The van der Waals surface area contributed by atoms with Crippen molar-refractivity contribution in [2.45, 2.75) is 13.2 Å². The van der Waals surface area contributed by atoms with Crippen molar-refractivity contribution in [1.82, 2.24) is 9.97 Å². The van der Waals surface area contributed by atoms with Crippen molar-refractivity contribution in [3.8, 4) is 11.8 Å². The Bertz CT molecular complexity index is 880. The molecule has 1 N–H and O–H groups in total. The van der Waals surface area contributed by atoms with Crippen molar-refractivity contribution < 1.29 is 14.3 Å². The Morgan fingerprint density at radius 3 is 2.60 bits per heavy atom. The first-order valence-electron chi connectivity index (χ1n) is 7.61. The van der Waals surface area contributed by atoms with Crippen molar-refractivity contribution in [3.05, 3.63) is 83.4 Å². The van der Waals surface area contributed by atoms with Crippen LogP contribution in [0.1, 0.15) is 27.3 Å². The molecule has 6 nitrogen and oxygen atoms in total. The maximum atomic E-state index is 11.9. The number of esters is 1. The summed E-state index contributed by atoms with van der Waals surface area (Å²) in [5.41, 5.74) is 2.41. The van der Waals surface area contributed by atoms with Gasteiger partial charge in [0.1, 0.15) is 36.4 Å². The van der Waals surface area contributed by atoms with Crippen LogP contribution in [0.5, 0.6) is 5.75 Å². The van der Waals surface area contributed by atoms with Gasteiger partial charge in [-0.15, -0.1) is 0 Å². The van der Waals surface area contributed by atoms with Crippen LogP contribution in [0.4, 0.5) is 0 Å². The highest BCUT2D eigenvalue weighted by Gasteiger charge is 2.10. The monoisotopic (exact) mass is 333 g/mol. The molecule has 2 aromatic heterocycles. The molecule has 124 valence electrons. The quantitative estimate of drug-likeness (QED) is 0.700. The number of carbonyl (C=O) groups is 1. The second kappa shape index (κ2) is 7.79. The molecule has 0 aliphatic heterocycles. The molecule has 3 rings (SSSR count). The fourth-order valence-electron chi connectivity index (χ4n) is 2.14. The molecular weight excluding hydrogens is 318 g/mol. The fraction of sp³-hybridized carbons (Fsp3) is 0.105. The lowest BCUT2D eigenvalue weighted by Crippen LogP contribution is -2.05. The smallest absolute Gasteiger partial charge is 0.355 e. The number of ether oxygens (including phenoxy) is 2. The van der Waals surface area contributed by atoms with Crippen LogP contribution in [-0.2, 0) is 18.0 Å². The minimum absolute atomic E-state index is 0.141. The van der Waals surface area contributed by atoms with Crippen LogP contribution in [0.15, 0.2) is 60.9 Å². The van der Waals surface area contributed by atoms with Crippen LogP contribution in [-0.4, -0.2) is 15.9 Å². The Morgan fingerprint density at radius 1 is 1.08 bits per heavy atom. The third kappa shape index (κ3) is 4.45. The second-order valence-corrected chi connectivity index (χ2v) is 5.27. The Balaban J connectivity index is 1.50. The zero-order valence-corrected chi connectivity index (χ0v) is 13.3. The number of nitriles is 1. The van der Waals surface area contributed by atoms with Gasteiger partial charge in [0, 0.05) is 18.0 Å². The topological polar surface area (TPSA) is 88.0 Å². The molecule has 1 aromatic carbocycles. The summed E-state index contributed by atoms with van der Waals surface area (Å²) in [6.07, 6.45) is 3.47. The summed E-state index contributed by atoms with van der Waals surface area (Å²) in [5, 5.41) is 8.73. The standard InChI is InChI=1S/C19H15N3O3/c20-10-16-5-8-18(22-16)19(23)25-12-14-3-6-17(7-4-14)24-13-15-2-1-9-21-11-15/h1-9,11,22H,12-13H2. The Labute approximate surface area is 144 Å². The summed E-state index contributed by atoms with van der Waals surface area (Å²) in [7, 11) is 0. The molecule has 0 saturated carbocycles. The van der Waals surface area contributed by atoms with E-state index in [0.29, 0.717) is 12.3 Å². The van der Waals surface area contributed by atoms with Crippen molar-refractivity contribution in [2.24, 2.45) is 0 Å². The summed E-state index contributed by atoms with van der Waals surface area (Å²) in [5.74, 6) is 0.223. The van der Waals surface area contributed by atoms with E-state index in [9.17, 15) is 4.79 Å². The first kappa shape index (κ1) is 16.3. The Morgan fingerprint density at radius 2 is 1.92 bits per heavy atom. The minimum atomic E-state index is -0.501. The molecule has 3 aromatic rings. The number of H-pyrrole nitrogens is 1. The Kier molecular flexibility index (Phi) is 5.07. The van der Waals surface area contributed by atoms with Crippen molar-refractivity contribution >= 4 is 5.97 Å². The summed E-state index contributed by atoms with van der Waals surface area (Å²) in [6, 6.07) is 16.1. The maximum absolute atomic E-state index is 11.9. The fourth-order valence-corrected chi connectivity index (χ4v) is 2.14. The number of aromatic amines is 1. The van der Waals surface area contributed by atoms with E-state index in [2.05, 4.69) is 9.97 Å².